The summed E-state index contributed by atoms with van der Waals surface area (Å²) in [5, 5.41) is 3.97. The van der Waals surface area contributed by atoms with Crippen LogP contribution in [-0.2, 0) is 6.42 Å². The lowest BCUT2D eigenvalue weighted by Gasteiger charge is -2.04. The number of carbonyl (C=O) groups excluding carboxylic acids is 1. The zero-order chi connectivity index (χ0) is 13.1. The largest absolute Gasteiger partial charge is 0.288 e. The molecule has 0 fully saturated rings. The second-order valence-corrected chi connectivity index (χ2v) is 4.84. The van der Waals surface area contributed by atoms with E-state index in [2.05, 4.69) is 9.59 Å². The van der Waals surface area contributed by atoms with Crippen LogP contribution in [0.1, 0.15) is 39.8 Å². The van der Waals surface area contributed by atoms with E-state index in [1.165, 1.54) is 18.2 Å². The lowest BCUT2D eigenvalue weighted by Crippen LogP contribution is -2.05. The Morgan fingerprint density at radius 1 is 1.44 bits per heavy atom. The third-order valence-electron chi connectivity index (χ3n) is 2.68. The Morgan fingerprint density at radius 2 is 2.22 bits per heavy atom. The Balaban J connectivity index is 2.38. The number of hydrogen-bond donors (Lipinski definition) is 0. The SMILES string of the molecule is CCCc1nnsc1C(=O)c1ccc(F)cc1C. The maximum atomic E-state index is 13.0. The van der Waals surface area contributed by atoms with Crippen LogP contribution < -0.4 is 0 Å². The van der Waals surface area contributed by atoms with Crippen molar-refractivity contribution in [1.29, 1.82) is 0 Å². The molecule has 0 aliphatic heterocycles. The maximum absolute atomic E-state index is 13.0. The molecule has 3 nitrogen and oxygen atoms in total. The van der Waals surface area contributed by atoms with Crippen molar-refractivity contribution in [3.63, 3.8) is 0 Å². The van der Waals surface area contributed by atoms with E-state index in [1.54, 1.807) is 6.92 Å². The lowest BCUT2D eigenvalue weighted by molar-refractivity contribution is 0.104. The first-order valence-electron chi connectivity index (χ1n) is 5.75. The molecule has 1 aromatic heterocycles. The maximum Gasteiger partial charge on any atom is 0.206 e. The number of rotatable bonds is 4. The highest BCUT2D eigenvalue weighted by molar-refractivity contribution is 7.08. The quantitative estimate of drug-likeness (QED) is 0.797. The number of aryl methyl sites for hydroxylation is 2. The smallest absolute Gasteiger partial charge is 0.206 e. The minimum absolute atomic E-state index is 0.119. The minimum Gasteiger partial charge on any atom is -0.288 e. The molecule has 5 heteroatoms. The van der Waals surface area contributed by atoms with Crippen LogP contribution in [0.25, 0.3) is 0 Å². The molecule has 0 N–H and O–H groups in total. The fraction of sp³-hybridized carbons (Fsp3) is 0.308. The Labute approximate surface area is 109 Å². The van der Waals surface area contributed by atoms with Crippen molar-refractivity contribution in [3.05, 3.63) is 45.7 Å². The normalized spacial score (nSPS) is 10.6. The third kappa shape index (κ3) is 2.46. The van der Waals surface area contributed by atoms with Gasteiger partial charge in [0.1, 0.15) is 10.7 Å². The van der Waals surface area contributed by atoms with E-state index < -0.39 is 0 Å². The molecule has 2 rings (SSSR count). The third-order valence-corrected chi connectivity index (χ3v) is 3.45. The average molecular weight is 264 g/mol. The van der Waals surface area contributed by atoms with Gasteiger partial charge in [0.05, 0.1) is 5.69 Å². The molecular formula is C13H13FN2OS. The number of carbonyl (C=O) groups is 1. The number of nitrogens with zero attached hydrogens (tertiary/aromatic N) is 2. The minimum atomic E-state index is -0.333. The molecule has 0 saturated carbocycles. The van der Waals surface area contributed by atoms with Crippen LogP contribution in [0.2, 0.25) is 0 Å². The van der Waals surface area contributed by atoms with Crippen molar-refractivity contribution in [1.82, 2.24) is 9.59 Å². The molecule has 0 unspecified atom stereocenters. The first-order chi connectivity index (χ1) is 8.63. The van der Waals surface area contributed by atoms with Gasteiger partial charge in [-0.3, -0.25) is 4.79 Å². The fourth-order valence-corrected chi connectivity index (χ4v) is 2.45. The molecule has 0 radical (unpaired) electrons. The summed E-state index contributed by atoms with van der Waals surface area (Å²) in [4.78, 5) is 12.9. The Kier molecular flexibility index (Phi) is 3.81. The average Bonchev–Trinajstić information content (AvgIpc) is 2.77. The van der Waals surface area contributed by atoms with E-state index in [0.717, 1.165) is 30.1 Å². The summed E-state index contributed by atoms with van der Waals surface area (Å²) in [6.07, 6.45) is 1.64. The number of aromatic nitrogens is 2. The van der Waals surface area contributed by atoms with Crippen molar-refractivity contribution in [2.75, 3.05) is 0 Å². The van der Waals surface area contributed by atoms with Gasteiger partial charge in [0, 0.05) is 5.56 Å². The molecule has 94 valence electrons. The van der Waals surface area contributed by atoms with E-state index in [-0.39, 0.29) is 11.6 Å². The van der Waals surface area contributed by atoms with E-state index in [4.69, 9.17) is 0 Å². The van der Waals surface area contributed by atoms with Crippen LogP contribution in [0.5, 0.6) is 0 Å². The molecule has 2 aromatic rings. The summed E-state index contributed by atoms with van der Waals surface area (Å²) in [6.45, 7) is 3.75. The van der Waals surface area contributed by atoms with E-state index in [0.29, 0.717) is 16.0 Å². The second-order valence-electron chi connectivity index (χ2n) is 4.09. The molecule has 0 aliphatic rings. The molecular weight excluding hydrogens is 251 g/mol. The first-order valence-corrected chi connectivity index (χ1v) is 6.53. The van der Waals surface area contributed by atoms with Gasteiger partial charge < -0.3 is 0 Å². The monoisotopic (exact) mass is 264 g/mol. The molecule has 0 atom stereocenters. The summed E-state index contributed by atoms with van der Waals surface area (Å²) in [5.41, 5.74) is 1.88. The summed E-state index contributed by atoms with van der Waals surface area (Å²) >= 11 is 1.10. The predicted octanol–water partition coefficient (Wildman–Crippen LogP) is 3.17. The lowest BCUT2D eigenvalue weighted by atomic mass is 10.0. The summed E-state index contributed by atoms with van der Waals surface area (Å²) in [7, 11) is 0. The van der Waals surface area contributed by atoms with Crippen molar-refractivity contribution < 1.29 is 9.18 Å². The zero-order valence-corrected chi connectivity index (χ0v) is 11.1. The van der Waals surface area contributed by atoms with Gasteiger partial charge in [-0.15, -0.1) is 5.10 Å². The van der Waals surface area contributed by atoms with E-state index in [1.807, 2.05) is 6.92 Å². The number of hydrogen-bond acceptors (Lipinski definition) is 4. The van der Waals surface area contributed by atoms with Gasteiger partial charge in [-0.25, -0.2) is 4.39 Å². The molecule has 0 spiro atoms. The summed E-state index contributed by atoms with van der Waals surface area (Å²) in [5.74, 6) is -0.453. The Hall–Kier alpha value is -1.62. The highest BCUT2D eigenvalue weighted by Crippen LogP contribution is 2.20. The zero-order valence-electron chi connectivity index (χ0n) is 10.2. The van der Waals surface area contributed by atoms with Crippen LogP contribution in [-0.4, -0.2) is 15.4 Å². The fourth-order valence-electron chi connectivity index (χ4n) is 1.79. The van der Waals surface area contributed by atoms with Gasteiger partial charge in [-0.1, -0.05) is 17.8 Å². The van der Waals surface area contributed by atoms with Crippen molar-refractivity contribution in [2.45, 2.75) is 26.7 Å². The molecule has 18 heavy (non-hydrogen) atoms. The molecule has 0 bridgehead atoms. The summed E-state index contributed by atoms with van der Waals surface area (Å²) in [6, 6.07) is 4.18. The number of halogens is 1. The van der Waals surface area contributed by atoms with Crippen molar-refractivity contribution >= 4 is 17.3 Å². The van der Waals surface area contributed by atoms with Crippen molar-refractivity contribution in [3.8, 4) is 0 Å². The topological polar surface area (TPSA) is 42.9 Å². The Bertz CT molecular complexity index is 580. The van der Waals surface area contributed by atoms with E-state index in [9.17, 15) is 9.18 Å². The first kappa shape index (κ1) is 12.8. The van der Waals surface area contributed by atoms with E-state index >= 15 is 0 Å². The van der Waals surface area contributed by atoms with Gasteiger partial charge in [0.15, 0.2) is 0 Å². The second kappa shape index (κ2) is 5.35. The van der Waals surface area contributed by atoms with Crippen LogP contribution in [0.3, 0.4) is 0 Å². The van der Waals surface area contributed by atoms with Crippen LogP contribution >= 0.6 is 11.5 Å². The predicted molar refractivity (Wildman–Crippen MR) is 68.5 cm³/mol. The molecule has 0 saturated heterocycles. The van der Waals surface area contributed by atoms with Crippen molar-refractivity contribution in [2.24, 2.45) is 0 Å². The van der Waals surface area contributed by atoms with Gasteiger partial charge in [-0.2, -0.15) is 0 Å². The van der Waals surface area contributed by atoms with Gasteiger partial charge in [0.2, 0.25) is 5.78 Å². The van der Waals surface area contributed by atoms with Crippen LogP contribution in [0, 0.1) is 12.7 Å². The molecule has 0 aliphatic carbocycles. The number of benzene rings is 1. The standard InChI is InChI=1S/C13H13FN2OS/c1-3-4-11-13(18-16-15-11)12(17)10-6-5-9(14)7-8(10)2/h5-7H,3-4H2,1-2H3. The van der Waals surface area contributed by atoms with Crippen LogP contribution in [0.4, 0.5) is 4.39 Å². The van der Waals surface area contributed by atoms with Gasteiger partial charge in [-0.05, 0) is 48.6 Å². The highest BCUT2D eigenvalue weighted by atomic mass is 32.1. The highest BCUT2D eigenvalue weighted by Gasteiger charge is 2.19. The van der Waals surface area contributed by atoms with Gasteiger partial charge in [0.25, 0.3) is 0 Å². The number of ketones is 1. The van der Waals surface area contributed by atoms with Gasteiger partial charge >= 0.3 is 0 Å². The molecule has 1 aromatic carbocycles. The molecule has 0 amide bonds. The Morgan fingerprint density at radius 3 is 2.89 bits per heavy atom. The summed E-state index contributed by atoms with van der Waals surface area (Å²) < 4.78 is 16.9. The van der Waals surface area contributed by atoms with Crippen LogP contribution in [0.15, 0.2) is 18.2 Å². The molecule has 1 heterocycles.